The SMILES string of the molecule is Cc1cc2c(cc1C)C(C)(C)CC2(C)C. The summed E-state index contributed by atoms with van der Waals surface area (Å²) in [5.41, 5.74) is 6.68. The van der Waals surface area contributed by atoms with Gasteiger partial charge in [0.1, 0.15) is 0 Å². The highest BCUT2D eigenvalue weighted by Crippen LogP contribution is 2.49. The van der Waals surface area contributed by atoms with Gasteiger partial charge in [0.25, 0.3) is 0 Å². The van der Waals surface area contributed by atoms with E-state index in [0.29, 0.717) is 10.8 Å². The van der Waals surface area contributed by atoms with Crippen LogP contribution in [0.15, 0.2) is 12.1 Å². The maximum absolute atomic E-state index is 2.40. The van der Waals surface area contributed by atoms with Gasteiger partial charge in [0.05, 0.1) is 0 Å². The minimum absolute atomic E-state index is 0.345. The first-order valence-corrected chi connectivity index (χ1v) is 5.86. The van der Waals surface area contributed by atoms with Gasteiger partial charge >= 0.3 is 0 Å². The second-order valence-electron chi connectivity index (χ2n) is 6.43. The lowest BCUT2D eigenvalue weighted by molar-refractivity contribution is 0.403. The van der Waals surface area contributed by atoms with Crippen molar-refractivity contribution in [3.05, 3.63) is 34.4 Å². The quantitative estimate of drug-likeness (QED) is 0.589. The van der Waals surface area contributed by atoms with E-state index >= 15 is 0 Å². The summed E-state index contributed by atoms with van der Waals surface area (Å²) >= 11 is 0. The minimum atomic E-state index is 0.345. The van der Waals surface area contributed by atoms with Crippen LogP contribution in [0.4, 0.5) is 0 Å². The minimum Gasteiger partial charge on any atom is -0.0558 e. The van der Waals surface area contributed by atoms with E-state index in [0.717, 1.165) is 0 Å². The van der Waals surface area contributed by atoms with Gasteiger partial charge in [-0.3, -0.25) is 0 Å². The molecule has 0 aliphatic heterocycles. The molecule has 1 aromatic carbocycles. The van der Waals surface area contributed by atoms with E-state index in [4.69, 9.17) is 0 Å². The third-order valence-corrected chi connectivity index (χ3v) is 3.98. The van der Waals surface area contributed by atoms with Crippen molar-refractivity contribution in [2.75, 3.05) is 0 Å². The zero-order chi connectivity index (χ0) is 11.4. The summed E-state index contributed by atoms with van der Waals surface area (Å²) in [6.07, 6.45) is 1.26. The van der Waals surface area contributed by atoms with Crippen molar-refractivity contribution in [3.8, 4) is 0 Å². The molecule has 0 spiro atoms. The van der Waals surface area contributed by atoms with Crippen LogP contribution < -0.4 is 0 Å². The molecule has 2 rings (SSSR count). The van der Waals surface area contributed by atoms with Gasteiger partial charge in [-0.25, -0.2) is 0 Å². The molecule has 15 heavy (non-hydrogen) atoms. The van der Waals surface area contributed by atoms with E-state index in [-0.39, 0.29) is 0 Å². The number of rotatable bonds is 0. The lowest BCUT2D eigenvalue weighted by atomic mass is 9.82. The van der Waals surface area contributed by atoms with Gasteiger partial charge in [0.2, 0.25) is 0 Å². The molecule has 1 aliphatic rings. The van der Waals surface area contributed by atoms with Crippen LogP contribution in [0.3, 0.4) is 0 Å². The average Bonchev–Trinajstić information content (AvgIpc) is 2.21. The Labute approximate surface area is 93.7 Å². The zero-order valence-electron chi connectivity index (χ0n) is 10.9. The summed E-state index contributed by atoms with van der Waals surface area (Å²) in [7, 11) is 0. The van der Waals surface area contributed by atoms with Gasteiger partial charge in [-0.05, 0) is 53.4 Å². The molecule has 0 amide bonds. The van der Waals surface area contributed by atoms with Gasteiger partial charge in [-0.2, -0.15) is 0 Å². The van der Waals surface area contributed by atoms with Crippen LogP contribution in [-0.4, -0.2) is 0 Å². The van der Waals surface area contributed by atoms with Gasteiger partial charge in [0.15, 0.2) is 0 Å². The Bertz CT molecular complexity index is 369. The van der Waals surface area contributed by atoms with E-state index in [1.807, 2.05) is 0 Å². The normalized spacial score (nSPS) is 21.5. The van der Waals surface area contributed by atoms with E-state index in [9.17, 15) is 0 Å². The summed E-state index contributed by atoms with van der Waals surface area (Å²) < 4.78 is 0. The molecule has 0 N–H and O–H groups in total. The predicted molar refractivity (Wildman–Crippen MR) is 66.6 cm³/mol. The maximum Gasteiger partial charge on any atom is -0.00922 e. The van der Waals surface area contributed by atoms with Crippen molar-refractivity contribution >= 4 is 0 Å². The van der Waals surface area contributed by atoms with Crippen LogP contribution in [0, 0.1) is 13.8 Å². The molecule has 82 valence electrons. The van der Waals surface area contributed by atoms with Crippen LogP contribution in [0.1, 0.15) is 56.4 Å². The Morgan fingerprint density at radius 3 is 1.47 bits per heavy atom. The van der Waals surface area contributed by atoms with Crippen molar-refractivity contribution in [2.24, 2.45) is 0 Å². The fraction of sp³-hybridized carbons (Fsp3) is 0.600. The molecule has 0 heteroatoms. The Kier molecular flexibility index (Phi) is 2.05. The number of hydrogen-bond donors (Lipinski definition) is 0. The summed E-state index contributed by atoms with van der Waals surface area (Å²) in [6, 6.07) is 4.80. The Morgan fingerprint density at radius 2 is 1.13 bits per heavy atom. The molecule has 0 aromatic heterocycles. The Balaban J connectivity index is 2.71. The highest BCUT2D eigenvalue weighted by atomic mass is 14.5. The topological polar surface area (TPSA) is 0 Å². The van der Waals surface area contributed by atoms with E-state index in [2.05, 4.69) is 53.7 Å². The largest absolute Gasteiger partial charge is 0.0558 e. The van der Waals surface area contributed by atoms with Crippen LogP contribution in [0.2, 0.25) is 0 Å². The number of aryl methyl sites for hydroxylation is 2. The highest BCUT2D eigenvalue weighted by Gasteiger charge is 2.41. The van der Waals surface area contributed by atoms with Crippen LogP contribution in [0.5, 0.6) is 0 Å². The number of hydrogen-bond acceptors (Lipinski definition) is 0. The highest BCUT2D eigenvalue weighted by molar-refractivity contribution is 5.48. The van der Waals surface area contributed by atoms with Crippen molar-refractivity contribution in [2.45, 2.75) is 58.8 Å². The molecular formula is C15H22. The third-order valence-electron chi connectivity index (χ3n) is 3.98. The summed E-state index contributed by atoms with van der Waals surface area (Å²) in [6.45, 7) is 13.9. The first kappa shape index (κ1) is 10.7. The first-order valence-electron chi connectivity index (χ1n) is 5.86. The number of fused-ring (bicyclic) bond motifs is 1. The van der Waals surface area contributed by atoms with Crippen molar-refractivity contribution in [3.63, 3.8) is 0 Å². The fourth-order valence-corrected chi connectivity index (χ4v) is 3.23. The van der Waals surface area contributed by atoms with Crippen LogP contribution >= 0.6 is 0 Å². The molecule has 0 atom stereocenters. The Morgan fingerprint density at radius 1 is 0.800 bits per heavy atom. The molecule has 0 saturated carbocycles. The van der Waals surface area contributed by atoms with Crippen molar-refractivity contribution < 1.29 is 0 Å². The van der Waals surface area contributed by atoms with Gasteiger partial charge in [0, 0.05) is 0 Å². The molecule has 0 unspecified atom stereocenters. The van der Waals surface area contributed by atoms with Crippen molar-refractivity contribution in [1.29, 1.82) is 0 Å². The van der Waals surface area contributed by atoms with Gasteiger partial charge in [-0.15, -0.1) is 0 Å². The van der Waals surface area contributed by atoms with Crippen molar-refractivity contribution in [1.82, 2.24) is 0 Å². The molecule has 0 bridgehead atoms. The summed E-state index contributed by atoms with van der Waals surface area (Å²) in [5.74, 6) is 0. The molecule has 0 radical (unpaired) electrons. The second-order valence-corrected chi connectivity index (χ2v) is 6.43. The fourth-order valence-electron chi connectivity index (χ4n) is 3.23. The Hall–Kier alpha value is -0.780. The zero-order valence-corrected chi connectivity index (χ0v) is 10.9. The standard InChI is InChI=1S/C15H22/c1-10-7-12-13(8-11(10)2)15(5,6)9-14(12,3)4/h7-8H,9H2,1-6H3. The van der Waals surface area contributed by atoms with Gasteiger partial charge < -0.3 is 0 Å². The maximum atomic E-state index is 2.40. The third kappa shape index (κ3) is 1.51. The lowest BCUT2D eigenvalue weighted by Gasteiger charge is -2.22. The molecular weight excluding hydrogens is 180 g/mol. The first-order chi connectivity index (χ1) is 6.74. The smallest absolute Gasteiger partial charge is 0.00922 e. The van der Waals surface area contributed by atoms with Crippen LogP contribution in [-0.2, 0) is 10.8 Å². The molecule has 0 fully saturated rings. The van der Waals surface area contributed by atoms with E-state index in [1.54, 1.807) is 11.1 Å². The number of benzene rings is 1. The lowest BCUT2D eigenvalue weighted by Crippen LogP contribution is -2.17. The monoisotopic (exact) mass is 202 g/mol. The van der Waals surface area contributed by atoms with Crippen LogP contribution in [0.25, 0.3) is 0 Å². The molecule has 1 aliphatic carbocycles. The molecule has 1 aromatic rings. The second kappa shape index (κ2) is 2.87. The summed E-state index contributed by atoms with van der Waals surface area (Å²) in [5, 5.41) is 0. The predicted octanol–water partition coefficient (Wildman–Crippen LogP) is 4.26. The molecule has 0 nitrogen and oxygen atoms in total. The van der Waals surface area contributed by atoms with Gasteiger partial charge in [-0.1, -0.05) is 39.8 Å². The van der Waals surface area contributed by atoms with E-state index < -0.39 is 0 Å². The molecule has 0 saturated heterocycles. The molecule has 0 heterocycles. The summed E-state index contributed by atoms with van der Waals surface area (Å²) in [4.78, 5) is 0. The van der Waals surface area contributed by atoms with E-state index in [1.165, 1.54) is 17.5 Å². The average molecular weight is 202 g/mol.